The van der Waals surface area contributed by atoms with Crippen molar-refractivity contribution in [1.82, 2.24) is 5.32 Å². The van der Waals surface area contributed by atoms with Crippen molar-refractivity contribution in [2.45, 2.75) is 87.2 Å². The fourth-order valence-electron chi connectivity index (χ4n) is 2.52. The normalized spacial score (nSPS) is 10.4. The summed E-state index contributed by atoms with van der Waals surface area (Å²) in [7, 11) is 0. The van der Waals surface area contributed by atoms with Gasteiger partial charge in [-0.15, -0.1) is 6.42 Å². The number of unbranched alkanes of at least 4 members (excludes halogenated alkanes) is 1. The number of hydrogen-bond acceptors (Lipinski definition) is 5. The number of alkyl carbamates (subject to hydrolysis) is 1. The van der Waals surface area contributed by atoms with E-state index in [9.17, 15) is 9.59 Å². The zero-order valence-corrected chi connectivity index (χ0v) is 22.0. The van der Waals surface area contributed by atoms with E-state index in [1.165, 1.54) is 0 Å². The molecule has 0 aliphatic heterocycles. The molecule has 0 aromatic heterocycles. The predicted molar refractivity (Wildman–Crippen MR) is 136 cm³/mol. The molecule has 1 aromatic carbocycles. The van der Waals surface area contributed by atoms with E-state index in [1.807, 2.05) is 61.5 Å². The number of amides is 1. The largest absolute Gasteiger partial charge is 0.514 e. The van der Waals surface area contributed by atoms with Crippen LogP contribution in [0.5, 0.6) is 5.75 Å². The minimum Gasteiger partial charge on any atom is -0.444 e. The summed E-state index contributed by atoms with van der Waals surface area (Å²) in [6.07, 6.45) is 8.43. The molecule has 0 saturated carbocycles. The number of rotatable bonds is 8. The molecule has 1 aromatic rings. The lowest BCUT2D eigenvalue weighted by molar-refractivity contribution is 0.0529. The van der Waals surface area contributed by atoms with Crippen LogP contribution in [0.4, 0.5) is 9.59 Å². The van der Waals surface area contributed by atoms with Crippen LogP contribution in [-0.4, -0.2) is 31.0 Å². The van der Waals surface area contributed by atoms with Crippen LogP contribution >= 0.6 is 0 Å². The topological polar surface area (TPSA) is 73.9 Å². The van der Waals surface area contributed by atoms with Crippen LogP contribution in [0.25, 0.3) is 5.57 Å². The van der Waals surface area contributed by atoms with Gasteiger partial charge in [-0.3, -0.25) is 0 Å². The van der Waals surface area contributed by atoms with Crippen LogP contribution in [0.1, 0.15) is 85.8 Å². The van der Waals surface area contributed by atoms with Crippen molar-refractivity contribution in [3.05, 3.63) is 35.4 Å². The van der Waals surface area contributed by atoms with E-state index in [4.69, 9.17) is 20.6 Å². The third kappa shape index (κ3) is 15.5. The lowest BCUT2D eigenvalue weighted by atomic mass is 9.96. The van der Waals surface area contributed by atoms with Gasteiger partial charge >= 0.3 is 12.2 Å². The molecule has 0 atom stereocenters. The van der Waals surface area contributed by atoms with Gasteiger partial charge in [0.2, 0.25) is 0 Å². The summed E-state index contributed by atoms with van der Waals surface area (Å²) < 4.78 is 15.2. The van der Waals surface area contributed by atoms with Crippen LogP contribution in [0.15, 0.2) is 24.3 Å². The standard InChI is InChI=1S/C23H31NO5.2C2H6/c1-7-9-10-18(13-14-24-21(25)29-23(4,5)6)20-16-19(12-11-17(20)3)28-22(26)27-15-8-2;2*1-2/h2,10-12,16H,7,9,13-15H2,1,3-6H3,(H,24,25);2*1-2H3/b18-10-;;. The Morgan fingerprint density at radius 3 is 2.33 bits per heavy atom. The number of nitrogens with one attached hydrogen (secondary N) is 1. The van der Waals surface area contributed by atoms with Gasteiger partial charge in [0.1, 0.15) is 11.4 Å². The first-order valence-corrected chi connectivity index (χ1v) is 11.7. The smallest absolute Gasteiger partial charge is 0.444 e. The third-order valence-corrected chi connectivity index (χ3v) is 3.77. The minimum atomic E-state index is -0.844. The molecular formula is C27H43NO5. The summed E-state index contributed by atoms with van der Waals surface area (Å²) in [5.41, 5.74) is 2.50. The van der Waals surface area contributed by atoms with Crippen molar-refractivity contribution < 1.29 is 23.8 Å². The molecule has 33 heavy (non-hydrogen) atoms. The molecule has 0 spiro atoms. The zero-order chi connectivity index (χ0) is 25.9. The molecule has 1 N–H and O–H groups in total. The molecule has 1 amide bonds. The number of terminal acetylenes is 1. The third-order valence-electron chi connectivity index (χ3n) is 3.77. The Balaban J connectivity index is 0. The van der Waals surface area contributed by atoms with Crippen LogP contribution in [-0.2, 0) is 9.47 Å². The van der Waals surface area contributed by atoms with Crippen molar-refractivity contribution in [1.29, 1.82) is 0 Å². The lowest BCUT2D eigenvalue weighted by Gasteiger charge is -2.20. The maximum atomic E-state index is 11.9. The Morgan fingerprint density at radius 1 is 1.15 bits per heavy atom. The molecule has 0 fully saturated rings. The zero-order valence-electron chi connectivity index (χ0n) is 22.0. The molecule has 0 bridgehead atoms. The van der Waals surface area contributed by atoms with Gasteiger partial charge in [-0.05, 0) is 69.4 Å². The van der Waals surface area contributed by atoms with E-state index in [-0.39, 0.29) is 6.61 Å². The number of hydrogen-bond donors (Lipinski definition) is 1. The molecular weight excluding hydrogens is 418 g/mol. The quantitative estimate of drug-likeness (QED) is 0.250. The molecule has 0 unspecified atom stereocenters. The maximum Gasteiger partial charge on any atom is 0.514 e. The highest BCUT2D eigenvalue weighted by atomic mass is 16.7. The number of allylic oxidation sites excluding steroid dienone is 1. The lowest BCUT2D eigenvalue weighted by Crippen LogP contribution is -2.33. The number of benzene rings is 1. The minimum absolute atomic E-state index is 0.143. The molecule has 0 radical (unpaired) electrons. The number of carbonyl (C=O) groups excluding carboxylic acids is 2. The molecule has 0 aliphatic rings. The van der Waals surface area contributed by atoms with Crippen LogP contribution in [0, 0.1) is 19.3 Å². The number of carbonyl (C=O) groups is 2. The van der Waals surface area contributed by atoms with Crippen molar-refractivity contribution in [3.63, 3.8) is 0 Å². The van der Waals surface area contributed by atoms with E-state index < -0.39 is 17.8 Å². The van der Waals surface area contributed by atoms with Crippen molar-refractivity contribution in [2.24, 2.45) is 0 Å². The van der Waals surface area contributed by atoms with Gasteiger partial charge in [-0.1, -0.05) is 59.1 Å². The highest BCUT2D eigenvalue weighted by Gasteiger charge is 2.16. The van der Waals surface area contributed by atoms with Gasteiger partial charge in [0.05, 0.1) is 0 Å². The molecule has 1 rings (SSSR count). The van der Waals surface area contributed by atoms with Crippen LogP contribution < -0.4 is 10.1 Å². The second kappa shape index (κ2) is 18.6. The molecule has 0 heterocycles. The van der Waals surface area contributed by atoms with Gasteiger partial charge in [-0.2, -0.15) is 0 Å². The van der Waals surface area contributed by atoms with Gasteiger partial charge < -0.3 is 19.5 Å². The Hall–Kier alpha value is -2.94. The predicted octanol–water partition coefficient (Wildman–Crippen LogP) is 7.29. The first-order chi connectivity index (χ1) is 15.7. The second-order valence-electron chi connectivity index (χ2n) is 7.52. The molecule has 6 nitrogen and oxygen atoms in total. The Bertz CT molecular complexity index is 770. The second-order valence-corrected chi connectivity index (χ2v) is 7.52. The monoisotopic (exact) mass is 461 g/mol. The van der Waals surface area contributed by atoms with E-state index in [0.29, 0.717) is 18.7 Å². The summed E-state index contributed by atoms with van der Waals surface area (Å²) in [6.45, 7) is 17.8. The number of aryl methyl sites for hydroxylation is 1. The highest BCUT2D eigenvalue weighted by Crippen LogP contribution is 2.27. The Kier molecular flexibility index (Phi) is 18.2. The van der Waals surface area contributed by atoms with E-state index in [2.05, 4.69) is 24.2 Å². The van der Waals surface area contributed by atoms with Gasteiger partial charge in [0.15, 0.2) is 6.61 Å². The van der Waals surface area contributed by atoms with Crippen molar-refractivity contribution in [2.75, 3.05) is 13.2 Å². The van der Waals surface area contributed by atoms with Gasteiger partial charge in [0.25, 0.3) is 0 Å². The Labute approximate surface area is 201 Å². The molecule has 0 aliphatic carbocycles. The van der Waals surface area contributed by atoms with Gasteiger partial charge in [0, 0.05) is 6.54 Å². The molecule has 0 saturated heterocycles. The van der Waals surface area contributed by atoms with Crippen molar-refractivity contribution >= 4 is 17.8 Å². The summed E-state index contributed by atoms with van der Waals surface area (Å²) >= 11 is 0. The van der Waals surface area contributed by atoms with E-state index in [1.54, 1.807) is 12.1 Å². The first-order valence-electron chi connectivity index (χ1n) is 11.7. The average molecular weight is 462 g/mol. The summed E-state index contributed by atoms with van der Waals surface area (Å²) in [5, 5.41) is 2.78. The fraction of sp³-hybridized carbons (Fsp3) is 0.556. The first kappa shape index (κ1) is 32.2. The highest BCUT2D eigenvalue weighted by molar-refractivity contribution is 5.72. The fourth-order valence-corrected chi connectivity index (χ4v) is 2.52. The van der Waals surface area contributed by atoms with E-state index >= 15 is 0 Å². The summed E-state index contributed by atoms with van der Waals surface area (Å²) in [5.74, 6) is 2.59. The average Bonchev–Trinajstić information content (AvgIpc) is 2.77. The number of ether oxygens (including phenoxy) is 3. The Morgan fingerprint density at radius 2 is 1.79 bits per heavy atom. The molecule has 6 heteroatoms. The summed E-state index contributed by atoms with van der Waals surface area (Å²) in [6, 6.07) is 5.37. The summed E-state index contributed by atoms with van der Waals surface area (Å²) in [4.78, 5) is 23.5. The molecule has 186 valence electrons. The SMILES string of the molecule is C#CCOC(=O)Oc1ccc(C)c(/C(=C\CCC)CCNC(=O)OC(C)(C)C)c1.CC.CC. The van der Waals surface area contributed by atoms with E-state index in [0.717, 1.165) is 29.5 Å². The van der Waals surface area contributed by atoms with Crippen LogP contribution in [0.2, 0.25) is 0 Å². The van der Waals surface area contributed by atoms with Crippen molar-refractivity contribution in [3.8, 4) is 18.1 Å². The van der Waals surface area contributed by atoms with Gasteiger partial charge in [-0.25, -0.2) is 9.59 Å². The maximum absolute atomic E-state index is 11.9. The van der Waals surface area contributed by atoms with Crippen LogP contribution in [0.3, 0.4) is 0 Å².